The van der Waals surface area contributed by atoms with Crippen LogP contribution < -0.4 is 24.5 Å². The van der Waals surface area contributed by atoms with Crippen LogP contribution in [0.1, 0.15) is 55.8 Å². The molecule has 0 saturated heterocycles. The zero-order chi connectivity index (χ0) is 31.6. The fourth-order valence-electron chi connectivity index (χ4n) is 5.07. The van der Waals surface area contributed by atoms with Crippen LogP contribution in [-0.4, -0.2) is 43.2 Å². The Kier molecular flexibility index (Phi) is 11.8. The van der Waals surface area contributed by atoms with Gasteiger partial charge in [-0.3, -0.25) is 9.59 Å². The van der Waals surface area contributed by atoms with Gasteiger partial charge in [-0.1, -0.05) is 41.6 Å². The van der Waals surface area contributed by atoms with Crippen molar-refractivity contribution in [2.75, 3.05) is 37.6 Å². The fraction of sp³-hybridized carbons (Fsp3) is 0.353. The number of alkyl halides is 1. The van der Waals surface area contributed by atoms with Gasteiger partial charge in [-0.15, -0.1) is 0 Å². The number of amides is 1. The molecule has 0 aliphatic rings. The van der Waals surface area contributed by atoms with Crippen LogP contribution in [0.15, 0.2) is 65.6 Å². The number of rotatable bonds is 15. The Bertz CT molecular complexity index is 1620. The normalized spacial score (nSPS) is 11.0. The van der Waals surface area contributed by atoms with Crippen molar-refractivity contribution in [3.05, 3.63) is 88.2 Å². The molecule has 0 fully saturated rings. The Balaban J connectivity index is 1.76. The summed E-state index contributed by atoms with van der Waals surface area (Å²) >= 11 is 3.46. The lowest BCUT2D eigenvalue weighted by atomic mass is 10.1. The van der Waals surface area contributed by atoms with E-state index in [0.717, 1.165) is 42.8 Å². The van der Waals surface area contributed by atoms with Crippen molar-refractivity contribution in [1.82, 2.24) is 4.57 Å². The molecule has 4 aromatic rings. The van der Waals surface area contributed by atoms with Crippen molar-refractivity contribution in [3.63, 3.8) is 0 Å². The number of halogens is 3. The smallest absolute Gasteiger partial charge is 0.263 e. The van der Waals surface area contributed by atoms with Gasteiger partial charge in [0, 0.05) is 59.5 Å². The van der Waals surface area contributed by atoms with Gasteiger partial charge >= 0.3 is 0 Å². The minimum absolute atomic E-state index is 0.0102. The fourth-order valence-corrected chi connectivity index (χ4v) is 5.47. The molecule has 1 amide bonds. The van der Waals surface area contributed by atoms with Crippen LogP contribution in [0.3, 0.4) is 0 Å². The van der Waals surface area contributed by atoms with Gasteiger partial charge in [0.15, 0.2) is 0 Å². The van der Waals surface area contributed by atoms with E-state index >= 15 is 0 Å². The summed E-state index contributed by atoms with van der Waals surface area (Å²) < 4.78 is 46.8. The number of benzene rings is 3. The first-order valence-electron chi connectivity index (χ1n) is 14.7. The quantitative estimate of drug-likeness (QED) is 0.0945. The molecule has 44 heavy (non-hydrogen) atoms. The summed E-state index contributed by atoms with van der Waals surface area (Å²) in [6.45, 7) is 2.28. The monoisotopic (exact) mass is 670 g/mol. The van der Waals surface area contributed by atoms with Gasteiger partial charge in [-0.25, -0.2) is 8.78 Å². The Morgan fingerprint density at radius 3 is 2.09 bits per heavy atom. The summed E-state index contributed by atoms with van der Waals surface area (Å²) in [5, 5.41) is 1.31. The topological polar surface area (TPSA) is 70.0 Å². The Morgan fingerprint density at radius 1 is 0.841 bits per heavy atom. The molecule has 0 radical (unpaired) electrons. The van der Waals surface area contributed by atoms with Crippen molar-refractivity contribution in [2.45, 2.75) is 45.4 Å². The second-order valence-electron chi connectivity index (χ2n) is 10.3. The number of nitrogens with zero attached hydrogens (tertiary/aromatic N) is 2. The molecule has 234 valence electrons. The van der Waals surface area contributed by atoms with E-state index in [2.05, 4.69) is 15.9 Å². The number of unbranched alkanes of at least 4 members (excludes halogenated alkanes) is 5. The largest absolute Gasteiger partial charge is 0.497 e. The van der Waals surface area contributed by atoms with Crippen LogP contribution in [0.4, 0.5) is 14.5 Å². The molecule has 1 heterocycles. The van der Waals surface area contributed by atoms with E-state index in [1.54, 1.807) is 47.9 Å². The highest BCUT2D eigenvalue weighted by atomic mass is 79.9. The predicted octanol–water partition coefficient (Wildman–Crippen LogP) is 8.07. The van der Waals surface area contributed by atoms with Gasteiger partial charge in [0.1, 0.15) is 34.4 Å². The van der Waals surface area contributed by atoms with Gasteiger partial charge in [-0.2, -0.15) is 0 Å². The maximum absolute atomic E-state index is 14.1. The third-order valence-electron chi connectivity index (χ3n) is 7.34. The lowest BCUT2D eigenvalue weighted by Gasteiger charge is -2.22. The van der Waals surface area contributed by atoms with E-state index in [1.807, 2.05) is 0 Å². The third-order valence-corrected chi connectivity index (χ3v) is 7.90. The first-order valence-corrected chi connectivity index (χ1v) is 15.8. The second-order valence-corrected chi connectivity index (χ2v) is 11.1. The van der Waals surface area contributed by atoms with E-state index in [1.165, 1.54) is 44.6 Å². The van der Waals surface area contributed by atoms with Crippen molar-refractivity contribution >= 4 is 38.4 Å². The second kappa shape index (κ2) is 15.7. The lowest BCUT2D eigenvalue weighted by Crippen LogP contribution is -2.35. The lowest BCUT2D eigenvalue weighted by molar-refractivity contribution is 0.0987. The first-order chi connectivity index (χ1) is 21.3. The number of fused-ring (bicyclic) bond motifs is 1. The summed E-state index contributed by atoms with van der Waals surface area (Å²) in [6.07, 6.45) is 8.16. The Morgan fingerprint density at radius 2 is 1.48 bits per heavy atom. The number of hydrogen-bond acceptors (Lipinski definition) is 5. The van der Waals surface area contributed by atoms with E-state index in [9.17, 15) is 18.4 Å². The molecule has 0 spiro atoms. The molecule has 0 aliphatic heterocycles. The summed E-state index contributed by atoms with van der Waals surface area (Å²) in [7, 11) is 3.06. The van der Waals surface area contributed by atoms with Crippen LogP contribution in [0.25, 0.3) is 16.6 Å². The summed E-state index contributed by atoms with van der Waals surface area (Å²) in [5.74, 6) is -0.740. The number of carbonyl (C=O) groups excluding carboxylic acids is 1. The molecule has 4 rings (SSSR count). The van der Waals surface area contributed by atoms with E-state index in [4.69, 9.17) is 14.2 Å². The van der Waals surface area contributed by atoms with Crippen LogP contribution in [0, 0.1) is 11.6 Å². The first kappa shape index (κ1) is 33.0. The van der Waals surface area contributed by atoms with Crippen LogP contribution in [-0.2, 0) is 0 Å². The highest BCUT2D eigenvalue weighted by molar-refractivity contribution is 9.09. The summed E-state index contributed by atoms with van der Waals surface area (Å²) in [6, 6.07) is 13.2. The molecular formula is C34H37BrF2N2O5. The minimum Gasteiger partial charge on any atom is -0.497 e. The number of pyridine rings is 1. The summed E-state index contributed by atoms with van der Waals surface area (Å²) in [4.78, 5) is 28.8. The Hall–Kier alpha value is -3.92. The zero-order valence-corrected chi connectivity index (χ0v) is 26.8. The highest BCUT2D eigenvalue weighted by Crippen LogP contribution is 2.29. The average Bonchev–Trinajstić information content (AvgIpc) is 3.02. The maximum Gasteiger partial charge on any atom is 0.263 e. The zero-order valence-electron chi connectivity index (χ0n) is 25.2. The number of anilines is 1. The number of hydrogen-bond donors (Lipinski definition) is 0. The average molecular weight is 672 g/mol. The predicted molar refractivity (Wildman–Crippen MR) is 173 cm³/mol. The third kappa shape index (κ3) is 7.96. The molecule has 7 nitrogen and oxygen atoms in total. The minimum atomic E-state index is -0.826. The molecule has 0 N–H and O–H groups in total. The molecule has 0 atom stereocenters. The van der Waals surface area contributed by atoms with Crippen molar-refractivity contribution in [2.24, 2.45) is 0 Å². The molecule has 1 aromatic heterocycles. The Labute approximate surface area is 264 Å². The standard InChI is InChI=1S/C34H37BrF2N2O5/c1-4-38(25-16-23(36)15-24(37)17-25)34(41)31-22-39(26-18-28(42-2)20-29(19-26)43-3)32-21-27(11-12-30(32)33(31)40)44-14-10-8-6-5-7-9-13-35/h11-12,15-22H,4-10,13-14H2,1-3H3. The van der Waals surface area contributed by atoms with Gasteiger partial charge in [0.25, 0.3) is 5.91 Å². The molecule has 0 unspecified atom stereocenters. The number of aromatic nitrogens is 1. The van der Waals surface area contributed by atoms with Crippen LogP contribution in [0.2, 0.25) is 0 Å². The molecule has 0 saturated carbocycles. The highest BCUT2D eigenvalue weighted by Gasteiger charge is 2.23. The van der Waals surface area contributed by atoms with E-state index < -0.39 is 23.0 Å². The molecule has 3 aromatic carbocycles. The van der Waals surface area contributed by atoms with Crippen LogP contribution >= 0.6 is 15.9 Å². The van der Waals surface area contributed by atoms with Crippen molar-refractivity contribution < 1.29 is 27.8 Å². The van der Waals surface area contributed by atoms with Gasteiger partial charge < -0.3 is 23.7 Å². The number of ether oxygens (including phenoxy) is 3. The van der Waals surface area contributed by atoms with Gasteiger partial charge in [-0.05, 0) is 44.0 Å². The molecule has 10 heteroatoms. The SMILES string of the molecule is CCN(C(=O)c1cn(-c2cc(OC)cc(OC)c2)c2cc(OCCCCCCCCBr)ccc2c1=O)c1cc(F)cc(F)c1. The van der Waals surface area contributed by atoms with E-state index in [-0.39, 0.29) is 23.2 Å². The molecule has 0 bridgehead atoms. The van der Waals surface area contributed by atoms with Crippen molar-refractivity contribution in [1.29, 1.82) is 0 Å². The summed E-state index contributed by atoms with van der Waals surface area (Å²) in [5.41, 5.74) is 0.409. The van der Waals surface area contributed by atoms with E-state index in [0.29, 0.717) is 35.1 Å². The van der Waals surface area contributed by atoms with Gasteiger partial charge in [0.05, 0.1) is 32.0 Å². The number of carbonyl (C=O) groups is 1. The number of methoxy groups -OCH3 is 2. The van der Waals surface area contributed by atoms with Crippen LogP contribution in [0.5, 0.6) is 17.2 Å². The van der Waals surface area contributed by atoms with Crippen molar-refractivity contribution in [3.8, 4) is 22.9 Å². The maximum atomic E-state index is 14.1. The molecule has 0 aliphatic carbocycles. The molecular weight excluding hydrogens is 634 g/mol. The van der Waals surface area contributed by atoms with Gasteiger partial charge in [0.2, 0.25) is 5.43 Å².